The van der Waals surface area contributed by atoms with Crippen molar-refractivity contribution in [3.05, 3.63) is 47.2 Å². The fraction of sp³-hybridized carbons (Fsp3) is 0.421. The molecular weight excluding hydrogens is 368 g/mol. The molecule has 1 aliphatic rings. The average Bonchev–Trinajstić information content (AvgIpc) is 3.07. The minimum atomic E-state index is -0.383. The highest BCUT2D eigenvalue weighted by atomic mass is 35.5. The fourth-order valence-corrected chi connectivity index (χ4v) is 3.51. The highest BCUT2D eigenvalue weighted by molar-refractivity contribution is 6.30. The zero-order chi connectivity index (χ0) is 19.4. The quantitative estimate of drug-likeness (QED) is 0.819. The largest absolute Gasteiger partial charge is 0.493 e. The van der Waals surface area contributed by atoms with Crippen molar-refractivity contribution >= 4 is 23.4 Å². The highest BCUT2D eigenvalue weighted by Crippen LogP contribution is 2.36. The van der Waals surface area contributed by atoms with Gasteiger partial charge in [0.2, 0.25) is 5.91 Å². The number of aryl methyl sites for hydroxylation is 1. The zero-order valence-corrected chi connectivity index (χ0v) is 16.0. The van der Waals surface area contributed by atoms with E-state index in [1.165, 1.54) is 0 Å². The summed E-state index contributed by atoms with van der Waals surface area (Å²) in [6, 6.07) is 8.80. The van der Waals surface area contributed by atoms with Crippen molar-refractivity contribution in [2.75, 3.05) is 19.7 Å². The molecule has 0 saturated carbocycles. The van der Waals surface area contributed by atoms with Gasteiger partial charge in [-0.05, 0) is 43.2 Å². The van der Waals surface area contributed by atoms with Crippen LogP contribution in [0, 0.1) is 5.41 Å². The van der Waals surface area contributed by atoms with Crippen LogP contribution >= 0.6 is 11.6 Å². The summed E-state index contributed by atoms with van der Waals surface area (Å²) in [5.74, 6) is 0.233. The molecule has 2 amide bonds. The van der Waals surface area contributed by atoms with Gasteiger partial charge in [-0.25, -0.2) is 0 Å². The van der Waals surface area contributed by atoms with Crippen LogP contribution in [0.1, 0.15) is 29.8 Å². The van der Waals surface area contributed by atoms with Crippen LogP contribution in [-0.2, 0) is 11.8 Å². The molecule has 1 aromatic heterocycles. The molecule has 0 radical (unpaired) electrons. The second-order valence-corrected chi connectivity index (χ2v) is 7.49. The van der Waals surface area contributed by atoms with E-state index >= 15 is 0 Å². The molecule has 2 heterocycles. The minimum absolute atomic E-state index is 0.0955. The Labute approximate surface area is 163 Å². The summed E-state index contributed by atoms with van der Waals surface area (Å²) >= 11 is 5.89. The molecule has 144 valence electrons. The number of hydrogen-bond donors (Lipinski definition) is 1. The second-order valence-electron chi connectivity index (χ2n) is 7.05. The van der Waals surface area contributed by atoms with E-state index in [1.54, 1.807) is 53.2 Å². The normalized spacial score (nSPS) is 16.1. The first-order valence-corrected chi connectivity index (χ1v) is 9.20. The Balaban J connectivity index is 1.64. The van der Waals surface area contributed by atoms with Crippen molar-refractivity contribution in [3.63, 3.8) is 0 Å². The molecule has 1 aromatic carbocycles. The van der Waals surface area contributed by atoms with Crippen molar-refractivity contribution < 1.29 is 14.3 Å². The van der Waals surface area contributed by atoms with Crippen LogP contribution in [0.15, 0.2) is 36.5 Å². The molecule has 1 fully saturated rings. The number of benzene rings is 1. The molecule has 27 heavy (non-hydrogen) atoms. The molecule has 1 saturated heterocycles. The van der Waals surface area contributed by atoms with Crippen molar-refractivity contribution in [1.29, 1.82) is 0 Å². The number of nitrogens with zero attached hydrogens (tertiary/aromatic N) is 3. The predicted molar refractivity (Wildman–Crippen MR) is 102 cm³/mol. The third kappa shape index (κ3) is 4.80. The average molecular weight is 391 g/mol. The number of carbonyl (C=O) groups is 2. The summed E-state index contributed by atoms with van der Waals surface area (Å²) in [4.78, 5) is 26.0. The van der Waals surface area contributed by atoms with Gasteiger partial charge in [0.15, 0.2) is 0 Å². The number of likely N-dealkylation sites (tertiary alicyclic amines) is 1. The van der Waals surface area contributed by atoms with E-state index in [0.29, 0.717) is 49.0 Å². The number of amides is 2. The summed E-state index contributed by atoms with van der Waals surface area (Å²) in [5, 5.41) is 4.80. The number of carbonyl (C=O) groups excluding carboxylic acids is 2. The van der Waals surface area contributed by atoms with Gasteiger partial charge in [0.25, 0.3) is 5.91 Å². The maximum absolute atomic E-state index is 12.6. The van der Waals surface area contributed by atoms with Crippen LogP contribution in [0.2, 0.25) is 5.02 Å². The summed E-state index contributed by atoms with van der Waals surface area (Å²) < 4.78 is 7.51. The van der Waals surface area contributed by atoms with E-state index in [0.717, 1.165) is 0 Å². The molecule has 0 atom stereocenters. The van der Waals surface area contributed by atoms with Gasteiger partial charge in [0.1, 0.15) is 11.4 Å². The number of hydrogen-bond acceptors (Lipinski definition) is 4. The Morgan fingerprint density at radius 1 is 1.22 bits per heavy atom. The first-order chi connectivity index (χ1) is 12.9. The van der Waals surface area contributed by atoms with Gasteiger partial charge in [-0.3, -0.25) is 14.3 Å². The lowest BCUT2D eigenvalue weighted by Crippen LogP contribution is -2.47. The smallest absolute Gasteiger partial charge is 0.274 e. The molecule has 0 spiro atoms. The Hall–Kier alpha value is -2.54. The molecule has 3 rings (SSSR count). The predicted octanol–water partition coefficient (Wildman–Crippen LogP) is 2.25. The fourth-order valence-electron chi connectivity index (χ4n) is 3.38. The van der Waals surface area contributed by atoms with E-state index in [4.69, 9.17) is 22.1 Å². The first kappa shape index (κ1) is 19.2. The number of halogens is 1. The van der Waals surface area contributed by atoms with Crippen LogP contribution in [0.25, 0.3) is 0 Å². The van der Waals surface area contributed by atoms with Crippen molar-refractivity contribution in [2.24, 2.45) is 18.2 Å². The van der Waals surface area contributed by atoms with E-state index in [9.17, 15) is 9.59 Å². The Kier molecular flexibility index (Phi) is 5.70. The van der Waals surface area contributed by atoms with E-state index in [-0.39, 0.29) is 23.7 Å². The lowest BCUT2D eigenvalue weighted by Gasteiger charge is -2.40. The maximum atomic E-state index is 12.6. The molecule has 0 aliphatic carbocycles. The van der Waals surface area contributed by atoms with Gasteiger partial charge < -0.3 is 15.4 Å². The molecule has 0 unspecified atom stereocenters. The second kappa shape index (κ2) is 8.00. The van der Waals surface area contributed by atoms with Crippen LogP contribution in [0.4, 0.5) is 0 Å². The number of primary amides is 1. The summed E-state index contributed by atoms with van der Waals surface area (Å²) in [6.07, 6.45) is 3.25. The van der Waals surface area contributed by atoms with Crippen LogP contribution in [0.5, 0.6) is 5.75 Å². The standard InChI is InChI=1S/C19H23ClN4O3/c1-23-9-6-16(22-23)18(26)24-10-7-19(8-11-24,12-17(21)25)13-27-15-4-2-14(20)3-5-15/h2-6,9H,7-8,10-13H2,1H3,(H2,21,25). The van der Waals surface area contributed by atoms with E-state index in [2.05, 4.69) is 5.10 Å². The molecule has 2 aromatic rings. The first-order valence-electron chi connectivity index (χ1n) is 8.82. The van der Waals surface area contributed by atoms with Crippen LogP contribution < -0.4 is 10.5 Å². The third-order valence-electron chi connectivity index (χ3n) is 4.95. The van der Waals surface area contributed by atoms with Crippen molar-refractivity contribution in [2.45, 2.75) is 19.3 Å². The van der Waals surface area contributed by atoms with Crippen molar-refractivity contribution in [3.8, 4) is 5.75 Å². The van der Waals surface area contributed by atoms with Gasteiger partial charge in [-0.15, -0.1) is 0 Å². The summed E-state index contributed by atoms with van der Waals surface area (Å²) in [7, 11) is 1.78. The molecule has 8 heteroatoms. The van der Waals surface area contributed by atoms with Crippen LogP contribution in [0.3, 0.4) is 0 Å². The van der Waals surface area contributed by atoms with Gasteiger partial charge in [0, 0.05) is 43.2 Å². The maximum Gasteiger partial charge on any atom is 0.274 e. The van der Waals surface area contributed by atoms with E-state index < -0.39 is 0 Å². The monoisotopic (exact) mass is 390 g/mol. The number of nitrogens with two attached hydrogens (primary N) is 1. The molecule has 0 bridgehead atoms. The molecule has 7 nitrogen and oxygen atoms in total. The number of aromatic nitrogens is 2. The number of ether oxygens (including phenoxy) is 1. The van der Waals surface area contributed by atoms with Crippen molar-refractivity contribution in [1.82, 2.24) is 14.7 Å². The summed E-state index contributed by atoms with van der Waals surface area (Å²) in [5.41, 5.74) is 5.53. The Morgan fingerprint density at radius 2 is 1.89 bits per heavy atom. The number of piperidine rings is 1. The molecule has 1 aliphatic heterocycles. The SMILES string of the molecule is Cn1ccc(C(=O)N2CCC(COc3ccc(Cl)cc3)(CC(N)=O)CC2)n1. The Bertz CT molecular complexity index is 811. The minimum Gasteiger partial charge on any atom is -0.493 e. The Morgan fingerprint density at radius 3 is 2.44 bits per heavy atom. The lowest BCUT2D eigenvalue weighted by molar-refractivity contribution is -0.121. The topological polar surface area (TPSA) is 90.5 Å². The lowest BCUT2D eigenvalue weighted by atomic mass is 9.76. The molecular formula is C19H23ClN4O3. The van der Waals surface area contributed by atoms with Gasteiger partial charge in [-0.2, -0.15) is 5.10 Å². The third-order valence-corrected chi connectivity index (χ3v) is 5.20. The van der Waals surface area contributed by atoms with E-state index in [1.807, 2.05) is 0 Å². The van der Waals surface area contributed by atoms with Gasteiger partial charge in [0.05, 0.1) is 6.61 Å². The highest BCUT2D eigenvalue weighted by Gasteiger charge is 2.38. The summed E-state index contributed by atoms with van der Waals surface area (Å²) in [6.45, 7) is 1.43. The number of rotatable bonds is 6. The zero-order valence-electron chi connectivity index (χ0n) is 15.2. The van der Waals surface area contributed by atoms with Gasteiger partial charge in [-0.1, -0.05) is 11.6 Å². The van der Waals surface area contributed by atoms with Crippen LogP contribution in [-0.4, -0.2) is 46.2 Å². The molecule has 2 N–H and O–H groups in total. The van der Waals surface area contributed by atoms with Gasteiger partial charge >= 0.3 is 0 Å².